The predicted molar refractivity (Wildman–Crippen MR) is 161 cm³/mol. The van der Waals surface area contributed by atoms with Gasteiger partial charge in [0.1, 0.15) is 5.60 Å². The number of nitrogens with one attached hydrogen (secondary N) is 1. The molecule has 0 spiro atoms. The lowest BCUT2D eigenvalue weighted by Crippen LogP contribution is -2.55. The number of amides is 2. The summed E-state index contributed by atoms with van der Waals surface area (Å²) >= 11 is 12.8. The number of halogens is 2. The van der Waals surface area contributed by atoms with Crippen molar-refractivity contribution in [2.45, 2.75) is 58.1 Å². The summed E-state index contributed by atoms with van der Waals surface area (Å²) in [6.07, 6.45) is 2.74. The molecule has 11 nitrogen and oxygen atoms in total. The van der Waals surface area contributed by atoms with Crippen LogP contribution in [0.5, 0.6) is 0 Å². The Bertz CT molecular complexity index is 1300. The van der Waals surface area contributed by atoms with Gasteiger partial charge in [-0.25, -0.2) is 14.4 Å². The monoisotopic (exact) mass is 636 g/mol. The fourth-order valence-electron chi connectivity index (χ4n) is 5.64. The molecule has 0 bridgehead atoms. The first-order valence-corrected chi connectivity index (χ1v) is 15.0. The number of carbonyl (C=O) groups excluding carboxylic acids is 3. The number of ether oxygens (including phenoxy) is 2. The zero-order chi connectivity index (χ0) is 31.5. The molecule has 1 atom stereocenters. The number of hydrogen-bond acceptors (Lipinski definition) is 8. The van der Waals surface area contributed by atoms with E-state index in [1.54, 1.807) is 34.9 Å². The molecule has 1 unspecified atom stereocenters. The van der Waals surface area contributed by atoms with Crippen LogP contribution in [-0.2, 0) is 23.9 Å². The number of carboxylic acid groups (broad SMARTS) is 1. The van der Waals surface area contributed by atoms with Crippen molar-refractivity contribution < 1.29 is 33.8 Å². The lowest BCUT2D eigenvalue weighted by atomic mass is 9.82. The molecule has 1 aromatic carbocycles. The highest BCUT2D eigenvalue weighted by Gasteiger charge is 2.38. The summed E-state index contributed by atoms with van der Waals surface area (Å²) < 4.78 is 10.9. The van der Waals surface area contributed by atoms with Crippen molar-refractivity contribution in [2.24, 2.45) is 0 Å². The first kappa shape index (κ1) is 32.6. The molecular weight excluding hydrogens is 599 g/mol. The van der Waals surface area contributed by atoms with E-state index in [2.05, 4.69) is 10.2 Å². The number of rotatable bonds is 6. The van der Waals surface area contributed by atoms with Crippen molar-refractivity contribution in [1.29, 1.82) is 0 Å². The van der Waals surface area contributed by atoms with Crippen LogP contribution in [-0.4, -0.2) is 101 Å². The van der Waals surface area contributed by atoms with Gasteiger partial charge in [0, 0.05) is 72.8 Å². The highest BCUT2D eigenvalue weighted by Crippen LogP contribution is 2.43. The number of nitrogens with zero attached hydrogens (tertiary/aromatic N) is 3. The van der Waals surface area contributed by atoms with Crippen LogP contribution in [0.2, 0.25) is 10.0 Å². The molecule has 3 aliphatic heterocycles. The summed E-state index contributed by atoms with van der Waals surface area (Å²) in [6.45, 7) is 10.2. The van der Waals surface area contributed by atoms with Gasteiger partial charge < -0.3 is 29.7 Å². The van der Waals surface area contributed by atoms with Gasteiger partial charge in [-0.15, -0.1) is 0 Å². The van der Waals surface area contributed by atoms with Gasteiger partial charge in [-0.05, 0) is 52.7 Å². The third-order valence-corrected chi connectivity index (χ3v) is 8.49. The number of esters is 1. The van der Waals surface area contributed by atoms with Crippen molar-refractivity contribution in [3.63, 3.8) is 0 Å². The van der Waals surface area contributed by atoms with Gasteiger partial charge in [-0.2, -0.15) is 0 Å². The van der Waals surface area contributed by atoms with E-state index in [1.165, 1.54) is 6.20 Å². The van der Waals surface area contributed by atoms with Gasteiger partial charge in [0.05, 0.1) is 17.1 Å². The summed E-state index contributed by atoms with van der Waals surface area (Å²) in [5, 5.41) is 13.2. The maximum absolute atomic E-state index is 13.2. The van der Waals surface area contributed by atoms with Gasteiger partial charge in [-0.3, -0.25) is 9.69 Å². The van der Waals surface area contributed by atoms with Gasteiger partial charge >= 0.3 is 18.0 Å². The first-order chi connectivity index (χ1) is 20.3. The maximum Gasteiger partial charge on any atom is 0.410 e. The summed E-state index contributed by atoms with van der Waals surface area (Å²) in [6, 6.07) is 5.07. The topological polar surface area (TPSA) is 129 Å². The molecule has 1 aromatic rings. The largest absolute Gasteiger partial charge is 0.478 e. The van der Waals surface area contributed by atoms with Crippen molar-refractivity contribution in [3.8, 4) is 0 Å². The maximum atomic E-state index is 13.2. The number of aliphatic carboxylic acids is 1. The van der Waals surface area contributed by atoms with Crippen molar-refractivity contribution in [2.75, 3.05) is 45.9 Å². The van der Waals surface area contributed by atoms with Crippen LogP contribution < -0.4 is 5.32 Å². The van der Waals surface area contributed by atoms with E-state index in [4.69, 9.17) is 32.7 Å². The number of hydrogen-bond donors (Lipinski definition) is 2. The Hall–Kier alpha value is -3.28. The first-order valence-electron chi connectivity index (χ1n) is 14.3. The molecule has 0 radical (unpaired) electrons. The summed E-state index contributed by atoms with van der Waals surface area (Å²) in [5.74, 6) is -3.51. The molecule has 0 aliphatic carbocycles. The Balaban J connectivity index is 1.31. The lowest BCUT2D eigenvalue weighted by molar-refractivity contribution is -0.150. The Morgan fingerprint density at radius 1 is 0.977 bits per heavy atom. The van der Waals surface area contributed by atoms with E-state index in [1.807, 2.05) is 20.8 Å². The van der Waals surface area contributed by atoms with E-state index in [-0.39, 0.29) is 38.8 Å². The van der Waals surface area contributed by atoms with Crippen LogP contribution in [0.3, 0.4) is 0 Å². The van der Waals surface area contributed by atoms with Crippen LogP contribution in [0.25, 0.3) is 0 Å². The van der Waals surface area contributed by atoms with E-state index < -0.39 is 30.1 Å². The average Bonchev–Trinajstić information content (AvgIpc) is 2.95. The normalized spacial score (nSPS) is 20.3. The van der Waals surface area contributed by atoms with E-state index in [9.17, 15) is 24.3 Å². The molecule has 4 rings (SSSR count). The van der Waals surface area contributed by atoms with Crippen LogP contribution in [0, 0.1) is 0 Å². The number of carbonyl (C=O) groups is 4. The van der Waals surface area contributed by atoms with Crippen LogP contribution in [0.15, 0.2) is 41.2 Å². The Kier molecular flexibility index (Phi) is 10.3. The molecule has 0 saturated carbocycles. The quantitative estimate of drug-likeness (QED) is 0.445. The SMILES string of the molecule is CC1=C(C(=O)O)C(c2c(Cl)cccc2Cl)C(C(=O)OCC(=O)N2CCN(C3CCN(C(=O)OC(C)(C)C)CC3)CC2)=CN1. The molecule has 0 aromatic heterocycles. The minimum absolute atomic E-state index is 0.0201. The number of carboxylic acids is 1. The van der Waals surface area contributed by atoms with Gasteiger partial charge in [0.25, 0.3) is 5.91 Å². The minimum Gasteiger partial charge on any atom is -0.478 e. The van der Waals surface area contributed by atoms with Crippen LogP contribution in [0.4, 0.5) is 4.79 Å². The highest BCUT2D eigenvalue weighted by atomic mass is 35.5. The zero-order valence-electron chi connectivity index (χ0n) is 24.8. The molecule has 13 heteroatoms. The fraction of sp³-hybridized carbons (Fsp3) is 0.533. The average molecular weight is 638 g/mol. The summed E-state index contributed by atoms with van der Waals surface area (Å²) in [4.78, 5) is 56.5. The Morgan fingerprint density at radius 2 is 1.58 bits per heavy atom. The van der Waals surface area contributed by atoms with Crippen LogP contribution >= 0.6 is 23.2 Å². The number of dihydropyridines is 1. The van der Waals surface area contributed by atoms with Crippen molar-refractivity contribution in [3.05, 3.63) is 56.9 Å². The van der Waals surface area contributed by atoms with Gasteiger partial charge in [0.2, 0.25) is 0 Å². The zero-order valence-corrected chi connectivity index (χ0v) is 26.3. The van der Waals surface area contributed by atoms with Gasteiger partial charge in [0.15, 0.2) is 6.61 Å². The Labute approximate surface area is 261 Å². The fourth-order valence-corrected chi connectivity index (χ4v) is 6.26. The second-order valence-electron chi connectivity index (χ2n) is 11.8. The predicted octanol–water partition coefficient (Wildman–Crippen LogP) is 4.01. The number of allylic oxidation sites excluding steroid dienone is 1. The van der Waals surface area contributed by atoms with E-state index >= 15 is 0 Å². The van der Waals surface area contributed by atoms with E-state index in [0.29, 0.717) is 51.0 Å². The molecule has 234 valence electrons. The molecule has 3 heterocycles. The van der Waals surface area contributed by atoms with Gasteiger partial charge in [-0.1, -0.05) is 29.3 Å². The standard InChI is InChI=1S/C30H38Cl2N4O7/c1-18-24(27(38)39)25(26-21(31)6-5-7-22(26)32)20(16-33-18)28(40)42-17-23(37)35-14-12-34(13-15-35)19-8-10-36(11-9-19)29(41)43-30(2,3)4/h5-7,16,19,25,33H,8-15,17H2,1-4H3,(H,38,39). The Morgan fingerprint density at radius 3 is 2.14 bits per heavy atom. The van der Waals surface area contributed by atoms with Crippen molar-refractivity contribution >= 4 is 47.1 Å². The highest BCUT2D eigenvalue weighted by molar-refractivity contribution is 6.36. The molecule has 2 N–H and O–H groups in total. The molecule has 2 amide bonds. The number of likely N-dealkylation sites (tertiary alicyclic amines) is 1. The second-order valence-corrected chi connectivity index (χ2v) is 12.7. The molecule has 2 fully saturated rings. The number of piperidine rings is 1. The third-order valence-electron chi connectivity index (χ3n) is 7.83. The molecule has 3 aliphatic rings. The molecular formula is C30H38Cl2N4O7. The minimum atomic E-state index is -1.24. The number of piperazine rings is 1. The summed E-state index contributed by atoms with van der Waals surface area (Å²) in [5.41, 5.74) is -0.0453. The molecule has 43 heavy (non-hydrogen) atoms. The smallest absolute Gasteiger partial charge is 0.410 e. The molecule has 2 saturated heterocycles. The number of benzene rings is 1. The lowest BCUT2D eigenvalue weighted by Gasteiger charge is -2.42. The van der Waals surface area contributed by atoms with Crippen LogP contribution in [0.1, 0.15) is 52.0 Å². The summed E-state index contributed by atoms with van der Waals surface area (Å²) in [7, 11) is 0. The third kappa shape index (κ3) is 7.82. The van der Waals surface area contributed by atoms with Crippen molar-refractivity contribution in [1.82, 2.24) is 20.0 Å². The second kappa shape index (κ2) is 13.6. The van der Waals surface area contributed by atoms with E-state index in [0.717, 1.165) is 12.8 Å².